The summed E-state index contributed by atoms with van der Waals surface area (Å²) in [7, 11) is 1.72. The highest BCUT2D eigenvalue weighted by atomic mass is 32.2. The molecule has 0 aliphatic heterocycles. The summed E-state index contributed by atoms with van der Waals surface area (Å²) in [5, 5.41) is 3.32. The third-order valence-corrected chi connectivity index (χ3v) is 3.12. The Morgan fingerprint density at radius 2 is 2.06 bits per heavy atom. The first-order valence-corrected chi connectivity index (χ1v) is 6.66. The fourth-order valence-corrected chi connectivity index (χ4v) is 2.01. The van der Waals surface area contributed by atoms with Crippen molar-refractivity contribution in [1.82, 2.24) is 5.32 Å². The topological polar surface area (TPSA) is 21.3 Å². The van der Waals surface area contributed by atoms with Crippen LogP contribution in [0.2, 0.25) is 0 Å². The normalized spacial score (nSPS) is 9.76. The van der Waals surface area contributed by atoms with Crippen molar-refractivity contribution in [2.45, 2.75) is 18.4 Å². The molecule has 0 heterocycles. The largest absolute Gasteiger partial charge is 0.383 e. The molecule has 1 aromatic carbocycles. The maximum absolute atomic E-state index is 4.98. The van der Waals surface area contributed by atoms with E-state index in [1.54, 1.807) is 18.9 Å². The molecule has 2 nitrogen and oxygen atoms in total. The summed E-state index contributed by atoms with van der Waals surface area (Å²) in [4.78, 5) is 1.27. The molecule has 0 atom stereocenters. The second-order valence-electron chi connectivity index (χ2n) is 3.53. The monoisotopic (exact) mass is 249 g/mol. The van der Waals surface area contributed by atoms with Gasteiger partial charge in [-0.15, -0.1) is 17.7 Å². The Labute approximate surface area is 108 Å². The zero-order chi connectivity index (χ0) is 12.3. The second-order valence-corrected chi connectivity index (χ2v) is 4.58. The standard InChI is InChI=1S/C14H19NOS/c1-3-4-11-17-14-7-5-13(6-8-14)12-15-9-10-16-2/h5-8,15H,9-12H2,1-2H3. The average molecular weight is 249 g/mol. The molecule has 1 N–H and O–H groups in total. The Morgan fingerprint density at radius 1 is 1.29 bits per heavy atom. The van der Waals surface area contributed by atoms with Crippen LogP contribution in [-0.2, 0) is 11.3 Å². The summed E-state index contributed by atoms with van der Waals surface area (Å²) in [6.45, 7) is 4.40. The highest BCUT2D eigenvalue weighted by molar-refractivity contribution is 7.99. The van der Waals surface area contributed by atoms with Gasteiger partial charge < -0.3 is 10.1 Å². The Kier molecular flexibility index (Phi) is 7.57. The number of hydrogen-bond donors (Lipinski definition) is 1. The Morgan fingerprint density at radius 3 is 2.71 bits per heavy atom. The molecule has 0 saturated carbocycles. The van der Waals surface area contributed by atoms with E-state index in [9.17, 15) is 0 Å². The van der Waals surface area contributed by atoms with Crippen LogP contribution in [0.25, 0.3) is 0 Å². The van der Waals surface area contributed by atoms with Crippen molar-refractivity contribution >= 4 is 11.8 Å². The zero-order valence-corrected chi connectivity index (χ0v) is 11.3. The van der Waals surface area contributed by atoms with Gasteiger partial charge in [-0.1, -0.05) is 18.1 Å². The van der Waals surface area contributed by atoms with Crippen LogP contribution in [0.1, 0.15) is 12.5 Å². The molecule has 0 spiro atoms. The van der Waals surface area contributed by atoms with E-state index in [2.05, 4.69) is 41.4 Å². The quantitative estimate of drug-likeness (QED) is 0.456. The lowest BCUT2D eigenvalue weighted by Gasteiger charge is -2.05. The van der Waals surface area contributed by atoms with Crippen LogP contribution in [-0.4, -0.2) is 26.0 Å². The average Bonchev–Trinajstić information content (AvgIpc) is 2.37. The van der Waals surface area contributed by atoms with Crippen molar-refractivity contribution in [2.75, 3.05) is 26.0 Å². The van der Waals surface area contributed by atoms with Crippen molar-refractivity contribution in [3.63, 3.8) is 0 Å². The second kappa shape index (κ2) is 9.12. The summed E-state index contributed by atoms with van der Waals surface area (Å²) in [5.74, 6) is 6.81. The van der Waals surface area contributed by atoms with Gasteiger partial charge in [0.2, 0.25) is 0 Å². The maximum atomic E-state index is 4.98. The summed E-state index contributed by atoms with van der Waals surface area (Å²) in [6, 6.07) is 8.60. The summed E-state index contributed by atoms with van der Waals surface area (Å²) < 4.78 is 4.98. The van der Waals surface area contributed by atoms with Gasteiger partial charge >= 0.3 is 0 Å². The number of nitrogens with one attached hydrogen (secondary N) is 1. The van der Waals surface area contributed by atoms with Gasteiger partial charge in [0.05, 0.1) is 12.4 Å². The van der Waals surface area contributed by atoms with Crippen molar-refractivity contribution in [3.05, 3.63) is 29.8 Å². The van der Waals surface area contributed by atoms with Gasteiger partial charge in [0.25, 0.3) is 0 Å². The number of rotatable bonds is 7. The molecule has 0 aliphatic carbocycles. The molecule has 0 unspecified atom stereocenters. The molecule has 0 saturated heterocycles. The van der Waals surface area contributed by atoms with Gasteiger partial charge in [0, 0.05) is 25.1 Å². The first-order valence-electron chi connectivity index (χ1n) is 5.68. The Hall–Kier alpha value is -0.950. The van der Waals surface area contributed by atoms with Crippen molar-refractivity contribution in [3.8, 4) is 11.8 Å². The molecule has 0 fully saturated rings. The van der Waals surface area contributed by atoms with Crippen LogP contribution in [0.15, 0.2) is 29.2 Å². The smallest absolute Gasteiger partial charge is 0.0594 e. The lowest BCUT2D eigenvalue weighted by Crippen LogP contribution is -2.18. The van der Waals surface area contributed by atoms with Gasteiger partial charge in [-0.05, 0) is 24.6 Å². The predicted octanol–water partition coefficient (Wildman–Crippen LogP) is 2.54. The van der Waals surface area contributed by atoms with Crippen LogP contribution in [0.5, 0.6) is 0 Å². The van der Waals surface area contributed by atoms with Gasteiger partial charge in [-0.25, -0.2) is 0 Å². The first-order chi connectivity index (χ1) is 8.36. The molecule has 1 aromatic rings. The molecule has 92 valence electrons. The molecule has 1 rings (SSSR count). The van der Waals surface area contributed by atoms with Crippen molar-refractivity contribution in [1.29, 1.82) is 0 Å². The number of benzene rings is 1. The van der Waals surface area contributed by atoms with E-state index in [1.807, 2.05) is 6.92 Å². The molecule has 17 heavy (non-hydrogen) atoms. The van der Waals surface area contributed by atoms with E-state index in [4.69, 9.17) is 4.74 Å². The molecule has 3 heteroatoms. The van der Waals surface area contributed by atoms with Gasteiger partial charge in [-0.3, -0.25) is 0 Å². The molecule has 0 aliphatic rings. The van der Waals surface area contributed by atoms with Crippen LogP contribution in [0.3, 0.4) is 0 Å². The van der Waals surface area contributed by atoms with E-state index < -0.39 is 0 Å². The van der Waals surface area contributed by atoms with Gasteiger partial charge in [0.1, 0.15) is 0 Å². The molecular formula is C14H19NOS. The van der Waals surface area contributed by atoms with Crippen molar-refractivity contribution in [2.24, 2.45) is 0 Å². The molecule has 0 radical (unpaired) electrons. The number of ether oxygens (including phenoxy) is 1. The fraction of sp³-hybridized carbons (Fsp3) is 0.429. The molecule has 0 aromatic heterocycles. The SMILES string of the molecule is CC#CCSc1ccc(CNCCOC)cc1. The first kappa shape index (κ1) is 14.1. The third kappa shape index (κ3) is 6.38. The van der Waals surface area contributed by atoms with E-state index in [1.165, 1.54) is 10.5 Å². The molecular weight excluding hydrogens is 230 g/mol. The highest BCUT2D eigenvalue weighted by Crippen LogP contribution is 2.17. The minimum absolute atomic E-state index is 0.754. The number of thioether (sulfide) groups is 1. The van der Waals surface area contributed by atoms with Gasteiger partial charge in [-0.2, -0.15) is 0 Å². The van der Waals surface area contributed by atoms with Gasteiger partial charge in [0.15, 0.2) is 0 Å². The lowest BCUT2D eigenvalue weighted by atomic mass is 10.2. The fourth-order valence-electron chi connectivity index (χ4n) is 1.30. The highest BCUT2D eigenvalue weighted by Gasteiger charge is 1.94. The van der Waals surface area contributed by atoms with E-state index >= 15 is 0 Å². The maximum Gasteiger partial charge on any atom is 0.0594 e. The van der Waals surface area contributed by atoms with Crippen LogP contribution in [0.4, 0.5) is 0 Å². The Bertz CT molecular complexity index is 364. The van der Waals surface area contributed by atoms with E-state index in [0.29, 0.717) is 0 Å². The van der Waals surface area contributed by atoms with Crippen LogP contribution in [0, 0.1) is 11.8 Å². The molecule has 0 amide bonds. The third-order valence-electron chi connectivity index (χ3n) is 2.22. The Balaban J connectivity index is 2.30. The number of methoxy groups -OCH3 is 1. The lowest BCUT2D eigenvalue weighted by molar-refractivity contribution is 0.199. The minimum Gasteiger partial charge on any atom is -0.383 e. The van der Waals surface area contributed by atoms with Crippen LogP contribution >= 0.6 is 11.8 Å². The van der Waals surface area contributed by atoms with Crippen LogP contribution < -0.4 is 5.32 Å². The summed E-state index contributed by atoms with van der Waals surface area (Å²) in [6.07, 6.45) is 0. The zero-order valence-electron chi connectivity index (χ0n) is 10.5. The predicted molar refractivity (Wildman–Crippen MR) is 74.2 cm³/mol. The minimum atomic E-state index is 0.754. The summed E-state index contributed by atoms with van der Waals surface area (Å²) in [5.41, 5.74) is 1.30. The molecule has 0 bridgehead atoms. The van der Waals surface area contributed by atoms with E-state index in [-0.39, 0.29) is 0 Å². The summed E-state index contributed by atoms with van der Waals surface area (Å²) >= 11 is 1.77. The van der Waals surface area contributed by atoms with E-state index in [0.717, 1.165) is 25.4 Å². The van der Waals surface area contributed by atoms with Crippen molar-refractivity contribution < 1.29 is 4.74 Å². The number of hydrogen-bond acceptors (Lipinski definition) is 3.